The van der Waals surface area contributed by atoms with Crippen LogP contribution in [-0.2, 0) is 4.79 Å². The van der Waals surface area contributed by atoms with Crippen LogP contribution in [0.2, 0.25) is 0 Å². The summed E-state index contributed by atoms with van der Waals surface area (Å²) in [5.74, 6) is 0.915. The molecule has 2 aromatic rings. The fourth-order valence-electron chi connectivity index (χ4n) is 2.95. The van der Waals surface area contributed by atoms with E-state index in [1.807, 2.05) is 48.6 Å². The van der Waals surface area contributed by atoms with Crippen LogP contribution in [0.25, 0.3) is 12.2 Å². The summed E-state index contributed by atoms with van der Waals surface area (Å²) in [4.78, 5) is 23.5. The first-order valence-corrected chi connectivity index (χ1v) is 8.35. The van der Waals surface area contributed by atoms with Crippen LogP contribution in [0.3, 0.4) is 0 Å². The van der Waals surface area contributed by atoms with Gasteiger partial charge in [-0.25, -0.2) is 0 Å². The van der Waals surface area contributed by atoms with Crippen molar-refractivity contribution in [3.63, 3.8) is 0 Å². The van der Waals surface area contributed by atoms with Gasteiger partial charge in [0.1, 0.15) is 12.0 Å². The molecule has 0 radical (unpaired) electrons. The SMILES string of the molecule is COc1ccc(/C=C2\CCC/C(=C\c3ccc(C=O)cc3)C2=O)cc1. The Morgan fingerprint density at radius 1 is 0.800 bits per heavy atom. The van der Waals surface area contributed by atoms with Gasteiger partial charge in [0.15, 0.2) is 5.78 Å². The molecule has 25 heavy (non-hydrogen) atoms. The van der Waals surface area contributed by atoms with Gasteiger partial charge in [0.2, 0.25) is 0 Å². The predicted molar refractivity (Wildman–Crippen MR) is 99.6 cm³/mol. The Morgan fingerprint density at radius 2 is 1.28 bits per heavy atom. The number of benzene rings is 2. The highest BCUT2D eigenvalue weighted by molar-refractivity contribution is 6.13. The van der Waals surface area contributed by atoms with Gasteiger partial charge in [-0.3, -0.25) is 9.59 Å². The van der Waals surface area contributed by atoms with E-state index in [0.717, 1.165) is 53.6 Å². The first-order chi connectivity index (χ1) is 12.2. The number of ether oxygens (including phenoxy) is 1. The van der Waals surface area contributed by atoms with Gasteiger partial charge in [-0.15, -0.1) is 0 Å². The largest absolute Gasteiger partial charge is 0.497 e. The van der Waals surface area contributed by atoms with Crippen molar-refractivity contribution in [1.29, 1.82) is 0 Å². The number of hydrogen-bond acceptors (Lipinski definition) is 3. The van der Waals surface area contributed by atoms with Gasteiger partial charge in [0.25, 0.3) is 0 Å². The zero-order chi connectivity index (χ0) is 17.6. The summed E-state index contributed by atoms with van der Waals surface area (Å²) in [6, 6.07) is 15.0. The van der Waals surface area contributed by atoms with E-state index in [0.29, 0.717) is 5.56 Å². The molecule has 0 saturated heterocycles. The Bertz CT molecular complexity index is 825. The van der Waals surface area contributed by atoms with Crippen LogP contribution in [0.4, 0.5) is 0 Å². The van der Waals surface area contributed by atoms with Gasteiger partial charge in [0, 0.05) is 16.7 Å². The van der Waals surface area contributed by atoms with Crippen LogP contribution >= 0.6 is 0 Å². The molecule has 0 amide bonds. The summed E-state index contributed by atoms with van der Waals surface area (Å²) in [5.41, 5.74) is 4.25. The molecule has 2 aromatic carbocycles. The molecule has 1 aliphatic carbocycles. The average molecular weight is 332 g/mol. The maximum atomic E-state index is 12.8. The number of methoxy groups -OCH3 is 1. The number of carbonyl (C=O) groups excluding carboxylic acids is 2. The molecule has 3 nitrogen and oxygen atoms in total. The minimum Gasteiger partial charge on any atom is -0.497 e. The molecule has 126 valence electrons. The lowest BCUT2D eigenvalue weighted by Crippen LogP contribution is -2.12. The Kier molecular flexibility index (Phi) is 5.24. The van der Waals surface area contributed by atoms with E-state index in [4.69, 9.17) is 4.74 Å². The first-order valence-electron chi connectivity index (χ1n) is 8.35. The molecule has 0 bridgehead atoms. The number of hydrogen-bond donors (Lipinski definition) is 0. The lowest BCUT2D eigenvalue weighted by molar-refractivity contribution is -0.112. The number of ketones is 1. The second kappa shape index (κ2) is 7.75. The van der Waals surface area contributed by atoms with E-state index in [2.05, 4.69) is 0 Å². The summed E-state index contributed by atoms with van der Waals surface area (Å²) in [5, 5.41) is 0. The fraction of sp³-hybridized carbons (Fsp3) is 0.182. The molecule has 0 spiro atoms. The highest BCUT2D eigenvalue weighted by Crippen LogP contribution is 2.28. The van der Waals surface area contributed by atoms with Crippen molar-refractivity contribution in [2.24, 2.45) is 0 Å². The van der Waals surface area contributed by atoms with Crippen LogP contribution in [0.5, 0.6) is 5.75 Å². The van der Waals surface area contributed by atoms with Gasteiger partial charge in [-0.1, -0.05) is 36.4 Å². The third-order valence-electron chi connectivity index (χ3n) is 4.35. The highest BCUT2D eigenvalue weighted by atomic mass is 16.5. The fourth-order valence-corrected chi connectivity index (χ4v) is 2.95. The lowest BCUT2D eigenvalue weighted by Gasteiger charge is -2.16. The van der Waals surface area contributed by atoms with Gasteiger partial charge >= 0.3 is 0 Å². The van der Waals surface area contributed by atoms with E-state index in [1.54, 1.807) is 19.2 Å². The second-order valence-corrected chi connectivity index (χ2v) is 6.08. The smallest absolute Gasteiger partial charge is 0.185 e. The predicted octanol–water partition coefficient (Wildman–Crippen LogP) is 4.73. The maximum absolute atomic E-state index is 12.8. The van der Waals surface area contributed by atoms with E-state index < -0.39 is 0 Å². The van der Waals surface area contributed by atoms with Gasteiger partial charge in [-0.05, 0) is 54.7 Å². The van der Waals surface area contributed by atoms with Crippen LogP contribution in [0.1, 0.15) is 40.7 Å². The number of rotatable bonds is 4. The number of Topliss-reactive ketones (excluding diaryl/α,β-unsaturated/α-hetero) is 1. The molecular weight excluding hydrogens is 312 g/mol. The molecule has 0 unspecified atom stereocenters. The standard InChI is InChI=1S/C22H20O3/c1-25-21-11-9-17(10-12-21)14-20-4-2-3-19(22(20)24)13-16-5-7-18(15-23)8-6-16/h5-15H,2-4H2,1H3/b19-13+,20-14+. The molecule has 0 heterocycles. The molecule has 3 rings (SSSR count). The topological polar surface area (TPSA) is 43.4 Å². The van der Waals surface area contributed by atoms with E-state index in [9.17, 15) is 9.59 Å². The molecular formula is C22H20O3. The summed E-state index contributed by atoms with van der Waals surface area (Å²) < 4.78 is 5.16. The number of carbonyl (C=O) groups is 2. The van der Waals surface area contributed by atoms with Crippen molar-refractivity contribution in [2.75, 3.05) is 7.11 Å². The average Bonchev–Trinajstić information content (AvgIpc) is 2.66. The molecule has 0 atom stereocenters. The summed E-state index contributed by atoms with van der Waals surface area (Å²) >= 11 is 0. The van der Waals surface area contributed by atoms with Crippen molar-refractivity contribution < 1.29 is 14.3 Å². The lowest BCUT2D eigenvalue weighted by atomic mass is 9.87. The van der Waals surface area contributed by atoms with Crippen molar-refractivity contribution >= 4 is 24.2 Å². The second-order valence-electron chi connectivity index (χ2n) is 6.08. The molecule has 0 aromatic heterocycles. The van der Waals surface area contributed by atoms with Gasteiger partial charge in [0.05, 0.1) is 7.11 Å². The van der Waals surface area contributed by atoms with Gasteiger partial charge < -0.3 is 4.74 Å². The summed E-state index contributed by atoms with van der Waals surface area (Å²) in [6.07, 6.45) is 7.26. The summed E-state index contributed by atoms with van der Waals surface area (Å²) in [6.45, 7) is 0. The third kappa shape index (κ3) is 4.13. The molecule has 1 fully saturated rings. The Hall–Kier alpha value is -2.94. The van der Waals surface area contributed by atoms with Crippen LogP contribution in [-0.4, -0.2) is 19.2 Å². The van der Waals surface area contributed by atoms with Crippen LogP contribution < -0.4 is 4.74 Å². The third-order valence-corrected chi connectivity index (χ3v) is 4.35. The van der Waals surface area contributed by atoms with Crippen molar-refractivity contribution in [3.05, 3.63) is 76.4 Å². The normalized spacial score (nSPS) is 17.7. The van der Waals surface area contributed by atoms with Crippen molar-refractivity contribution in [3.8, 4) is 5.75 Å². The minimum atomic E-state index is 0.113. The zero-order valence-electron chi connectivity index (χ0n) is 14.2. The quantitative estimate of drug-likeness (QED) is 0.600. The molecule has 0 N–H and O–H groups in total. The molecule has 1 aliphatic rings. The molecule has 3 heteroatoms. The van der Waals surface area contributed by atoms with Crippen LogP contribution in [0.15, 0.2) is 59.7 Å². The highest BCUT2D eigenvalue weighted by Gasteiger charge is 2.20. The molecule has 1 saturated carbocycles. The van der Waals surface area contributed by atoms with Crippen molar-refractivity contribution in [2.45, 2.75) is 19.3 Å². The summed E-state index contributed by atoms with van der Waals surface area (Å²) in [7, 11) is 1.64. The van der Waals surface area contributed by atoms with E-state index in [-0.39, 0.29) is 5.78 Å². The van der Waals surface area contributed by atoms with E-state index in [1.165, 1.54) is 0 Å². The monoisotopic (exact) mass is 332 g/mol. The van der Waals surface area contributed by atoms with Crippen molar-refractivity contribution in [1.82, 2.24) is 0 Å². The molecule has 0 aliphatic heterocycles. The Labute approximate surface area is 147 Å². The number of allylic oxidation sites excluding steroid dienone is 2. The first kappa shape index (κ1) is 16.9. The van der Waals surface area contributed by atoms with Gasteiger partial charge in [-0.2, -0.15) is 0 Å². The number of aldehydes is 1. The van der Waals surface area contributed by atoms with E-state index >= 15 is 0 Å². The Morgan fingerprint density at radius 3 is 1.76 bits per heavy atom. The zero-order valence-corrected chi connectivity index (χ0v) is 14.2. The Balaban J connectivity index is 1.82. The maximum Gasteiger partial charge on any atom is 0.185 e. The minimum absolute atomic E-state index is 0.113. The van der Waals surface area contributed by atoms with Crippen LogP contribution in [0, 0.1) is 0 Å².